The van der Waals surface area contributed by atoms with E-state index in [2.05, 4.69) is 13.8 Å². The number of rotatable bonds is 4. The smallest absolute Gasteiger partial charge is 0.308 e. The monoisotopic (exact) mass is 212 g/mol. The van der Waals surface area contributed by atoms with Gasteiger partial charge in [-0.1, -0.05) is 33.1 Å². The molecule has 1 aliphatic rings. The van der Waals surface area contributed by atoms with E-state index >= 15 is 0 Å². The number of hydrogen-bond donors (Lipinski definition) is 0. The van der Waals surface area contributed by atoms with Crippen LogP contribution in [0.25, 0.3) is 0 Å². The molecule has 88 valence electrons. The van der Waals surface area contributed by atoms with E-state index in [9.17, 15) is 4.79 Å². The van der Waals surface area contributed by atoms with E-state index in [4.69, 9.17) is 4.74 Å². The van der Waals surface area contributed by atoms with E-state index in [0.717, 1.165) is 6.42 Å². The van der Waals surface area contributed by atoms with Crippen molar-refractivity contribution in [1.29, 1.82) is 0 Å². The first-order chi connectivity index (χ1) is 7.15. The Balaban J connectivity index is 2.57. The van der Waals surface area contributed by atoms with Crippen molar-refractivity contribution in [2.75, 3.05) is 7.11 Å². The van der Waals surface area contributed by atoms with Gasteiger partial charge in [-0.15, -0.1) is 0 Å². The van der Waals surface area contributed by atoms with Gasteiger partial charge in [-0.05, 0) is 31.1 Å². The highest BCUT2D eigenvalue weighted by molar-refractivity contribution is 5.72. The first kappa shape index (κ1) is 12.5. The van der Waals surface area contributed by atoms with Crippen LogP contribution < -0.4 is 0 Å². The summed E-state index contributed by atoms with van der Waals surface area (Å²) in [7, 11) is 1.51. The zero-order valence-electron chi connectivity index (χ0n) is 10.3. The summed E-state index contributed by atoms with van der Waals surface area (Å²) < 4.78 is 4.93. The van der Waals surface area contributed by atoms with Crippen LogP contribution in [0.5, 0.6) is 0 Å². The number of carbonyl (C=O) groups excluding carboxylic acids is 1. The van der Waals surface area contributed by atoms with Crippen molar-refractivity contribution in [3.05, 3.63) is 0 Å². The normalized spacial score (nSPS) is 20.3. The topological polar surface area (TPSA) is 26.3 Å². The standard InChI is InChI=1S/C13H24O2/c1-10(2)9-12(13(14)15-3)11-7-5-4-6-8-11/h10-12H,4-9H2,1-3H3. The van der Waals surface area contributed by atoms with Gasteiger partial charge < -0.3 is 4.74 Å². The molecule has 1 saturated carbocycles. The maximum Gasteiger partial charge on any atom is 0.308 e. The molecule has 0 aromatic heterocycles. The highest BCUT2D eigenvalue weighted by atomic mass is 16.5. The van der Waals surface area contributed by atoms with Crippen molar-refractivity contribution in [3.63, 3.8) is 0 Å². The Morgan fingerprint density at radius 1 is 1.27 bits per heavy atom. The van der Waals surface area contributed by atoms with E-state index < -0.39 is 0 Å². The van der Waals surface area contributed by atoms with Crippen LogP contribution >= 0.6 is 0 Å². The number of hydrogen-bond acceptors (Lipinski definition) is 2. The molecule has 2 heteroatoms. The van der Waals surface area contributed by atoms with Crippen LogP contribution in [0.15, 0.2) is 0 Å². The lowest BCUT2D eigenvalue weighted by molar-refractivity contribution is -0.148. The fourth-order valence-electron chi connectivity index (χ4n) is 2.68. The van der Waals surface area contributed by atoms with Crippen molar-refractivity contribution in [1.82, 2.24) is 0 Å². The van der Waals surface area contributed by atoms with Crippen LogP contribution in [-0.2, 0) is 9.53 Å². The number of esters is 1. The van der Waals surface area contributed by atoms with Crippen molar-refractivity contribution < 1.29 is 9.53 Å². The molecule has 2 nitrogen and oxygen atoms in total. The number of methoxy groups -OCH3 is 1. The summed E-state index contributed by atoms with van der Waals surface area (Å²) in [4.78, 5) is 11.7. The Bertz CT molecular complexity index is 193. The second-order valence-corrected chi connectivity index (χ2v) is 5.16. The molecule has 0 aromatic carbocycles. The fraction of sp³-hybridized carbons (Fsp3) is 0.923. The van der Waals surface area contributed by atoms with Crippen molar-refractivity contribution >= 4 is 5.97 Å². The van der Waals surface area contributed by atoms with Gasteiger partial charge in [0.25, 0.3) is 0 Å². The summed E-state index contributed by atoms with van der Waals surface area (Å²) in [6.45, 7) is 4.36. The molecule has 1 aliphatic carbocycles. The third-order valence-corrected chi connectivity index (χ3v) is 3.45. The van der Waals surface area contributed by atoms with Crippen molar-refractivity contribution in [2.45, 2.75) is 52.4 Å². The predicted molar refractivity (Wildman–Crippen MR) is 61.5 cm³/mol. The third-order valence-electron chi connectivity index (χ3n) is 3.45. The summed E-state index contributed by atoms with van der Waals surface area (Å²) >= 11 is 0. The van der Waals surface area contributed by atoms with Gasteiger partial charge in [-0.2, -0.15) is 0 Å². The maximum absolute atomic E-state index is 11.7. The van der Waals surface area contributed by atoms with Gasteiger partial charge in [0.1, 0.15) is 0 Å². The van der Waals surface area contributed by atoms with Crippen molar-refractivity contribution in [2.24, 2.45) is 17.8 Å². The molecule has 15 heavy (non-hydrogen) atoms. The zero-order chi connectivity index (χ0) is 11.3. The minimum Gasteiger partial charge on any atom is -0.469 e. The summed E-state index contributed by atoms with van der Waals surface area (Å²) in [5, 5.41) is 0. The molecule has 0 amide bonds. The number of ether oxygens (including phenoxy) is 1. The van der Waals surface area contributed by atoms with E-state index in [0.29, 0.717) is 11.8 Å². The second kappa shape index (κ2) is 6.14. The average Bonchev–Trinajstić information content (AvgIpc) is 2.26. The largest absolute Gasteiger partial charge is 0.469 e. The quantitative estimate of drug-likeness (QED) is 0.668. The molecule has 1 unspecified atom stereocenters. The first-order valence-electron chi connectivity index (χ1n) is 6.23. The summed E-state index contributed by atoms with van der Waals surface area (Å²) in [5.41, 5.74) is 0. The molecule has 0 heterocycles. The maximum atomic E-state index is 11.7. The average molecular weight is 212 g/mol. The molecular formula is C13H24O2. The van der Waals surface area contributed by atoms with Gasteiger partial charge in [0.05, 0.1) is 13.0 Å². The number of carbonyl (C=O) groups is 1. The highest BCUT2D eigenvalue weighted by Crippen LogP contribution is 2.33. The summed E-state index contributed by atoms with van der Waals surface area (Å²) in [6.07, 6.45) is 7.33. The highest BCUT2D eigenvalue weighted by Gasteiger charge is 2.30. The van der Waals surface area contributed by atoms with Gasteiger partial charge >= 0.3 is 5.97 Å². The zero-order valence-corrected chi connectivity index (χ0v) is 10.3. The molecular weight excluding hydrogens is 188 g/mol. The van der Waals surface area contributed by atoms with Crippen LogP contribution in [0, 0.1) is 17.8 Å². The molecule has 0 bridgehead atoms. The summed E-state index contributed by atoms with van der Waals surface area (Å²) in [5.74, 6) is 1.32. The third kappa shape index (κ3) is 3.84. The summed E-state index contributed by atoms with van der Waals surface area (Å²) in [6, 6.07) is 0. The Labute approximate surface area is 93.4 Å². The SMILES string of the molecule is COC(=O)C(CC(C)C)C1CCCCC1. The van der Waals surface area contributed by atoms with Crippen LogP contribution in [-0.4, -0.2) is 13.1 Å². The Hall–Kier alpha value is -0.530. The molecule has 1 rings (SSSR count). The van der Waals surface area contributed by atoms with E-state index in [1.165, 1.54) is 39.2 Å². The molecule has 0 spiro atoms. The first-order valence-corrected chi connectivity index (χ1v) is 6.23. The van der Waals surface area contributed by atoms with Crippen LogP contribution in [0.1, 0.15) is 52.4 Å². The molecule has 0 aliphatic heterocycles. The van der Waals surface area contributed by atoms with Crippen LogP contribution in [0.2, 0.25) is 0 Å². The predicted octanol–water partition coefficient (Wildman–Crippen LogP) is 3.40. The van der Waals surface area contributed by atoms with Gasteiger partial charge in [0, 0.05) is 0 Å². The van der Waals surface area contributed by atoms with Gasteiger partial charge in [0.15, 0.2) is 0 Å². The molecule has 0 radical (unpaired) electrons. The van der Waals surface area contributed by atoms with Crippen LogP contribution in [0.3, 0.4) is 0 Å². The lowest BCUT2D eigenvalue weighted by Crippen LogP contribution is -2.28. The van der Waals surface area contributed by atoms with Gasteiger partial charge in [-0.3, -0.25) is 4.79 Å². The van der Waals surface area contributed by atoms with E-state index in [-0.39, 0.29) is 11.9 Å². The Morgan fingerprint density at radius 2 is 1.87 bits per heavy atom. The molecule has 1 atom stereocenters. The lowest BCUT2D eigenvalue weighted by Gasteiger charge is -2.29. The molecule has 0 saturated heterocycles. The van der Waals surface area contributed by atoms with E-state index in [1.807, 2.05) is 0 Å². The van der Waals surface area contributed by atoms with Crippen LogP contribution in [0.4, 0.5) is 0 Å². The second-order valence-electron chi connectivity index (χ2n) is 5.16. The van der Waals surface area contributed by atoms with Gasteiger partial charge in [0.2, 0.25) is 0 Å². The van der Waals surface area contributed by atoms with Crippen molar-refractivity contribution in [3.8, 4) is 0 Å². The Morgan fingerprint density at radius 3 is 2.33 bits per heavy atom. The fourth-order valence-corrected chi connectivity index (χ4v) is 2.68. The molecule has 0 N–H and O–H groups in total. The van der Waals surface area contributed by atoms with E-state index in [1.54, 1.807) is 0 Å². The minimum atomic E-state index is 0.00981. The Kier molecular flexibility index (Phi) is 5.13. The molecule has 0 aromatic rings. The molecule has 1 fully saturated rings. The minimum absolute atomic E-state index is 0.00981. The van der Waals surface area contributed by atoms with Gasteiger partial charge in [-0.25, -0.2) is 0 Å². The lowest BCUT2D eigenvalue weighted by atomic mass is 9.77.